The zero-order valence-corrected chi connectivity index (χ0v) is 9.18. The normalized spacial score (nSPS) is 8.90. The predicted molar refractivity (Wildman–Crippen MR) is 48.4 cm³/mol. The van der Waals surface area contributed by atoms with E-state index >= 15 is 0 Å². The van der Waals surface area contributed by atoms with E-state index in [1.54, 1.807) is 0 Å². The summed E-state index contributed by atoms with van der Waals surface area (Å²) < 4.78 is 0. The third-order valence-electron chi connectivity index (χ3n) is 0.335. The zero-order valence-electron chi connectivity index (χ0n) is 8.02. The average molecular weight is 155 g/mol. The molecule has 0 spiro atoms. The molecular weight excluding hydrogens is 137 g/mol. The maximum absolute atomic E-state index is 8.15. The van der Waals surface area contributed by atoms with Gasteiger partial charge in [0.2, 0.25) is 0 Å². The van der Waals surface area contributed by atoms with Gasteiger partial charge in [-0.1, -0.05) is 0 Å². The van der Waals surface area contributed by atoms with Crippen molar-refractivity contribution in [2.24, 2.45) is 5.41 Å². The van der Waals surface area contributed by atoms with E-state index in [1.807, 2.05) is 20.8 Å². The van der Waals surface area contributed by atoms with Crippen LogP contribution in [-0.4, -0.2) is 14.1 Å². The van der Waals surface area contributed by atoms with Gasteiger partial charge in [-0.05, 0) is 20.8 Å². The lowest BCUT2D eigenvalue weighted by molar-refractivity contribution is 0.561. The van der Waals surface area contributed by atoms with Gasteiger partial charge in [0.25, 0.3) is 14.1 Å². The van der Waals surface area contributed by atoms with Gasteiger partial charge in [0.15, 0.2) is 0 Å². The van der Waals surface area contributed by atoms with Gasteiger partial charge >= 0.3 is 0 Å². The highest BCUT2D eigenvalue weighted by molar-refractivity contribution is 6.54. The molecule has 0 atom stereocenters. The minimum absolute atomic E-state index is 0.139. The first-order chi connectivity index (χ1) is 4.29. The summed E-state index contributed by atoms with van der Waals surface area (Å²) in [7, 11) is 0. The lowest BCUT2D eigenvalue weighted by Crippen LogP contribution is -1.97. The minimum atomic E-state index is -0.153. The molecule has 1 nitrogen and oxygen atoms in total. The first kappa shape index (κ1) is 12.7. The number of rotatable bonds is 0. The van der Waals surface area contributed by atoms with Crippen molar-refractivity contribution < 1.29 is 0 Å². The van der Waals surface area contributed by atoms with Crippen LogP contribution in [0.4, 0.5) is 0 Å². The Labute approximate surface area is 69.4 Å². The van der Waals surface area contributed by atoms with Gasteiger partial charge in [0, 0.05) is 5.41 Å². The molecular formula is C8H18AlN. The summed E-state index contributed by atoms with van der Waals surface area (Å²) in [6, 6.07) is 2.10. The maximum atomic E-state index is 8.15. The van der Waals surface area contributed by atoms with Crippen LogP contribution in [-0.2, 0) is 0 Å². The van der Waals surface area contributed by atoms with Crippen molar-refractivity contribution in [3.63, 3.8) is 0 Å². The van der Waals surface area contributed by atoms with E-state index in [0.29, 0.717) is 0 Å². The van der Waals surface area contributed by atoms with E-state index in [-0.39, 0.29) is 19.6 Å². The van der Waals surface area contributed by atoms with Crippen molar-refractivity contribution in [3.8, 4) is 6.07 Å². The lowest BCUT2D eigenvalue weighted by atomic mass is 10.0. The summed E-state index contributed by atoms with van der Waals surface area (Å²) in [6.07, 6.45) is 0. The SMILES string of the molecule is CC(C)(C)C#N.[CH3][Al]([CH3])[CH3]. The molecule has 0 aromatic carbocycles. The first-order valence-corrected chi connectivity index (χ1v) is 7.17. The Bertz CT molecular complexity index is 103. The topological polar surface area (TPSA) is 23.8 Å². The Hall–Kier alpha value is 0.0225. The molecule has 0 rings (SSSR count). The summed E-state index contributed by atoms with van der Waals surface area (Å²) in [6.45, 7) is 5.65. The third kappa shape index (κ3) is 43.3. The molecule has 0 aliphatic heterocycles. The van der Waals surface area contributed by atoms with Crippen molar-refractivity contribution >= 4 is 14.1 Å². The highest BCUT2D eigenvalue weighted by Gasteiger charge is 2.04. The van der Waals surface area contributed by atoms with Crippen LogP contribution in [0.1, 0.15) is 20.8 Å². The van der Waals surface area contributed by atoms with Crippen LogP contribution < -0.4 is 0 Å². The summed E-state index contributed by atoms with van der Waals surface area (Å²) >= 11 is -0.139. The van der Waals surface area contributed by atoms with E-state index in [4.69, 9.17) is 5.26 Å². The van der Waals surface area contributed by atoms with Crippen molar-refractivity contribution in [1.82, 2.24) is 0 Å². The summed E-state index contributed by atoms with van der Waals surface area (Å²) in [5, 5.41) is 8.15. The van der Waals surface area contributed by atoms with Crippen LogP contribution in [0.5, 0.6) is 0 Å². The van der Waals surface area contributed by atoms with Crippen molar-refractivity contribution in [2.75, 3.05) is 0 Å². The van der Waals surface area contributed by atoms with Gasteiger partial charge in [0.05, 0.1) is 6.07 Å². The van der Waals surface area contributed by atoms with E-state index in [0.717, 1.165) is 0 Å². The largest absolute Gasteiger partial charge is 0.251 e. The predicted octanol–water partition coefficient (Wildman–Crippen LogP) is 2.93. The second kappa shape index (κ2) is 5.78. The van der Waals surface area contributed by atoms with Gasteiger partial charge in [0.1, 0.15) is 0 Å². The Morgan fingerprint density at radius 2 is 1.20 bits per heavy atom. The van der Waals surface area contributed by atoms with Crippen LogP contribution in [0.2, 0.25) is 17.4 Å². The van der Waals surface area contributed by atoms with E-state index < -0.39 is 0 Å². The van der Waals surface area contributed by atoms with Crippen LogP contribution in [0.3, 0.4) is 0 Å². The van der Waals surface area contributed by atoms with Crippen molar-refractivity contribution in [3.05, 3.63) is 0 Å². The molecule has 0 amide bonds. The van der Waals surface area contributed by atoms with E-state index in [2.05, 4.69) is 23.4 Å². The highest BCUT2D eigenvalue weighted by Crippen LogP contribution is 2.08. The van der Waals surface area contributed by atoms with Gasteiger partial charge in [-0.15, -0.1) is 17.4 Å². The Morgan fingerprint density at radius 3 is 1.20 bits per heavy atom. The highest BCUT2D eigenvalue weighted by atomic mass is 27.2. The molecule has 0 unspecified atom stereocenters. The number of nitrogens with zero attached hydrogens (tertiary/aromatic N) is 1. The van der Waals surface area contributed by atoms with Gasteiger partial charge in [-0.3, -0.25) is 0 Å². The van der Waals surface area contributed by atoms with Crippen molar-refractivity contribution in [1.29, 1.82) is 5.26 Å². The molecule has 0 aromatic heterocycles. The minimum Gasteiger partial charge on any atom is -0.198 e. The monoisotopic (exact) mass is 155 g/mol. The second-order valence-electron chi connectivity index (χ2n) is 4.09. The summed E-state index contributed by atoms with van der Waals surface area (Å²) in [5.74, 6) is 6.92. The molecule has 2 heteroatoms. The molecule has 0 aliphatic carbocycles. The molecule has 0 saturated heterocycles. The smallest absolute Gasteiger partial charge is 0.198 e. The summed E-state index contributed by atoms with van der Waals surface area (Å²) in [4.78, 5) is 0. The fourth-order valence-corrected chi connectivity index (χ4v) is 0. The second-order valence-corrected chi connectivity index (χ2v) is 7.56. The van der Waals surface area contributed by atoms with Gasteiger partial charge in [-0.25, -0.2) is 0 Å². The Balaban J connectivity index is 0. The van der Waals surface area contributed by atoms with Crippen LogP contribution in [0, 0.1) is 16.7 Å². The molecule has 0 radical (unpaired) electrons. The molecule has 0 aliphatic rings. The third-order valence-corrected chi connectivity index (χ3v) is 0.335. The van der Waals surface area contributed by atoms with Crippen molar-refractivity contribution in [2.45, 2.75) is 38.1 Å². The van der Waals surface area contributed by atoms with Crippen LogP contribution in [0.25, 0.3) is 0 Å². The quantitative estimate of drug-likeness (QED) is 0.493. The van der Waals surface area contributed by atoms with Crippen LogP contribution in [0.15, 0.2) is 0 Å². The van der Waals surface area contributed by atoms with Gasteiger partial charge < -0.3 is 0 Å². The molecule has 58 valence electrons. The fourth-order valence-electron chi connectivity index (χ4n) is 0. The Morgan fingerprint density at radius 1 is 1.10 bits per heavy atom. The van der Waals surface area contributed by atoms with E-state index in [9.17, 15) is 0 Å². The van der Waals surface area contributed by atoms with E-state index in [1.165, 1.54) is 0 Å². The molecule has 0 heterocycles. The zero-order chi connectivity index (χ0) is 8.78. The lowest BCUT2D eigenvalue weighted by Gasteiger charge is -2.01. The fraction of sp³-hybridized carbons (Fsp3) is 0.875. The maximum Gasteiger partial charge on any atom is 0.251 e. The number of hydrogen-bond donors (Lipinski definition) is 0. The Kier molecular flexibility index (Phi) is 7.33. The molecule has 0 saturated carbocycles. The van der Waals surface area contributed by atoms with Crippen LogP contribution >= 0.6 is 0 Å². The molecule has 0 aromatic rings. The molecule has 0 bridgehead atoms. The standard InChI is InChI=1S/C5H9N.3CH3.Al/c1-5(2,3)4-6;;;;/h1-3H3;3*1H3;. The molecule has 0 fully saturated rings. The molecule has 10 heavy (non-hydrogen) atoms. The number of hydrogen-bond acceptors (Lipinski definition) is 1. The van der Waals surface area contributed by atoms with Gasteiger partial charge in [-0.2, -0.15) is 5.26 Å². The average Bonchev–Trinajstić information content (AvgIpc) is 1.63. The summed E-state index contributed by atoms with van der Waals surface area (Å²) in [5.41, 5.74) is -0.153. The molecule has 0 N–H and O–H groups in total. The number of nitriles is 1. The first-order valence-electron chi connectivity index (χ1n) is 3.71.